The van der Waals surface area contributed by atoms with E-state index in [2.05, 4.69) is 0 Å². The lowest BCUT2D eigenvalue weighted by Gasteiger charge is -2.30. The molecule has 0 fully saturated rings. The van der Waals surface area contributed by atoms with Crippen molar-refractivity contribution in [1.82, 2.24) is 0 Å². The maximum Gasteiger partial charge on any atom is 0.147 e. The van der Waals surface area contributed by atoms with Gasteiger partial charge in [0.25, 0.3) is 0 Å². The van der Waals surface area contributed by atoms with Crippen LogP contribution in [0.2, 0.25) is 5.02 Å². The molecule has 29 heavy (non-hydrogen) atoms. The Morgan fingerprint density at radius 2 is 1.97 bits per heavy atom. The van der Waals surface area contributed by atoms with E-state index in [1.807, 2.05) is 6.07 Å². The molecule has 0 saturated carbocycles. The fourth-order valence-corrected chi connectivity index (χ4v) is 4.91. The minimum absolute atomic E-state index is 0.0707. The summed E-state index contributed by atoms with van der Waals surface area (Å²) < 4.78 is 53.7. The molecule has 3 nitrogen and oxygen atoms in total. The molecule has 0 N–H and O–H groups in total. The van der Waals surface area contributed by atoms with Gasteiger partial charge in [-0.1, -0.05) is 17.7 Å². The van der Waals surface area contributed by atoms with E-state index in [4.69, 9.17) is 21.1 Å². The number of fused-ring (bicyclic) bond motifs is 2. The molecule has 0 aliphatic heterocycles. The predicted octanol–water partition coefficient (Wildman–Crippen LogP) is 5.84. The average Bonchev–Trinajstić information content (AvgIpc) is 3.04. The average molecular weight is 422 g/mol. The molecular weight excluding hydrogens is 403 g/mol. The number of nitriles is 1. The lowest BCUT2D eigenvalue weighted by Crippen LogP contribution is -2.17. The number of nitrogens with zero attached hydrogens (tertiary/aromatic N) is 1. The van der Waals surface area contributed by atoms with Gasteiger partial charge in [-0.05, 0) is 53.3 Å². The summed E-state index contributed by atoms with van der Waals surface area (Å²) in [4.78, 5) is 0. The van der Waals surface area contributed by atoms with Crippen molar-refractivity contribution >= 4 is 11.6 Å². The summed E-state index contributed by atoms with van der Waals surface area (Å²) in [5.41, 5.74) is 2.85. The second-order valence-electron chi connectivity index (χ2n) is 7.41. The summed E-state index contributed by atoms with van der Waals surface area (Å²) in [7, 11) is 1.45. The number of halogens is 4. The second-order valence-corrected chi connectivity index (χ2v) is 7.82. The molecule has 0 heterocycles. The van der Waals surface area contributed by atoms with Crippen LogP contribution in [0.5, 0.6) is 0 Å². The molecule has 0 amide bonds. The Morgan fingerprint density at radius 1 is 1.17 bits per heavy atom. The molecule has 152 valence electrons. The van der Waals surface area contributed by atoms with Crippen molar-refractivity contribution in [3.05, 3.63) is 68.5 Å². The van der Waals surface area contributed by atoms with Crippen molar-refractivity contribution in [2.45, 2.75) is 43.6 Å². The van der Waals surface area contributed by atoms with Gasteiger partial charge in [0.2, 0.25) is 0 Å². The van der Waals surface area contributed by atoms with E-state index in [9.17, 15) is 18.4 Å². The van der Waals surface area contributed by atoms with Gasteiger partial charge in [0.15, 0.2) is 0 Å². The van der Waals surface area contributed by atoms with Crippen molar-refractivity contribution in [2.75, 3.05) is 13.9 Å². The van der Waals surface area contributed by atoms with Crippen LogP contribution in [0.25, 0.3) is 0 Å². The summed E-state index contributed by atoms with van der Waals surface area (Å²) in [6, 6.07) is 7.75. The predicted molar refractivity (Wildman–Crippen MR) is 102 cm³/mol. The molecule has 4 atom stereocenters. The third-order valence-electron chi connectivity index (χ3n) is 5.79. The highest BCUT2D eigenvalue weighted by molar-refractivity contribution is 6.31. The number of ether oxygens (including phenoxy) is 2. The molecule has 7 heteroatoms. The Balaban J connectivity index is 1.86. The largest absolute Gasteiger partial charge is 0.359 e. The van der Waals surface area contributed by atoms with Gasteiger partial charge in [0, 0.05) is 30.0 Å². The Bertz CT molecular complexity index is 991. The maximum absolute atomic E-state index is 14.8. The van der Waals surface area contributed by atoms with Gasteiger partial charge in [-0.3, -0.25) is 0 Å². The molecule has 0 saturated heterocycles. The molecule has 4 rings (SSSR count). The Kier molecular flexibility index (Phi) is 5.56. The normalized spacial score (nSPS) is 25.4. The van der Waals surface area contributed by atoms with Gasteiger partial charge in [-0.15, -0.1) is 0 Å². The van der Waals surface area contributed by atoms with Crippen molar-refractivity contribution in [1.29, 1.82) is 5.26 Å². The van der Waals surface area contributed by atoms with Gasteiger partial charge in [0.1, 0.15) is 31.1 Å². The van der Waals surface area contributed by atoms with Gasteiger partial charge in [-0.2, -0.15) is 5.26 Å². The van der Waals surface area contributed by atoms with Crippen LogP contribution in [0.4, 0.5) is 13.2 Å². The van der Waals surface area contributed by atoms with Gasteiger partial charge in [0.05, 0.1) is 11.6 Å². The summed E-state index contributed by atoms with van der Waals surface area (Å²) in [6.45, 7) is -0.0707. The lowest BCUT2D eigenvalue weighted by molar-refractivity contribution is -0.0930. The van der Waals surface area contributed by atoms with E-state index in [1.165, 1.54) is 7.11 Å². The SMILES string of the molecule is COCO[C@H]1c2c(Cl)ccc([C@H]3CC[C@H](F)c4cc(F)cc(C#N)c43)c2C[C@H]1F. The highest BCUT2D eigenvalue weighted by atomic mass is 35.5. The zero-order chi connectivity index (χ0) is 20.7. The van der Waals surface area contributed by atoms with Gasteiger partial charge >= 0.3 is 0 Å². The van der Waals surface area contributed by atoms with Gasteiger partial charge in [-0.25, -0.2) is 13.2 Å². The molecular formula is C22H19ClF3NO2. The van der Waals surface area contributed by atoms with Crippen molar-refractivity contribution in [3.8, 4) is 6.07 Å². The monoisotopic (exact) mass is 421 g/mol. The number of hydrogen-bond acceptors (Lipinski definition) is 3. The smallest absolute Gasteiger partial charge is 0.147 e. The van der Waals surface area contributed by atoms with Crippen LogP contribution in [0.3, 0.4) is 0 Å². The third kappa shape index (κ3) is 3.42. The van der Waals surface area contributed by atoms with Crippen molar-refractivity contribution in [2.24, 2.45) is 0 Å². The van der Waals surface area contributed by atoms with Crippen molar-refractivity contribution in [3.63, 3.8) is 0 Å². The summed E-state index contributed by atoms with van der Waals surface area (Å²) in [5.74, 6) is -0.978. The van der Waals surface area contributed by atoms with E-state index in [0.717, 1.165) is 17.7 Å². The summed E-state index contributed by atoms with van der Waals surface area (Å²) >= 11 is 6.37. The first-order chi connectivity index (χ1) is 14.0. The highest BCUT2D eigenvalue weighted by Crippen LogP contribution is 2.50. The van der Waals surface area contributed by atoms with Crippen LogP contribution in [0, 0.1) is 17.1 Å². The number of benzene rings is 2. The molecule has 2 aliphatic carbocycles. The van der Waals surface area contributed by atoms with Crippen LogP contribution in [-0.4, -0.2) is 20.1 Å². The first-order valence-corrected chi connectivity index (χ1v) is 9.77. The highest BCUT2D eigenvalue weighted by Gasteiger charge is 2.40. The molecule has 2 aromatic carbocycles. The lowest BCUT2D eigenvalue weighted by atomic mass is 9.74. The quantitative estimate of drug-likeness (QED) is 0.582. The van der Waals surface area contributed by atoms with E-state index in [1.54, 1.807) is 12.1 Å². The van der Waals surface area contributed by atoms with Crippen LogP contribution < -0.4 is 0 Å². The van der Waals surface area contributed by atoms with E-state index in [-0.39, 0.29) is 36.7 Å². The molecule has 2 aliphatic rings. The number of rotatable bonds is 4. The van der Waals surface area contributed by atoms with Crippen LogP contribution in [0.15, 0.2) is 24.3 Å². The third-order valence-corrected chi connectivity index (χ3v) is 6.11. The summed E-state index contributed by atoms with van der Waals surface area (Å²) in [5, 5.41) is 9.93. The molecule has 0 radical (unpaired) electrons. The standard InChI is InChI=1S/C22H19ClF3NO2/c1-28-10-29-22-19(26)8-15-13(2-4-17(23)21(15)22)14-3-5-18(25)16-7-12(24)6-11(9-27)20(14)16/h2,4,6-7,14,18-19,22H,3,5,8,10H2,1H3/t14-,18+,19-,22-/m1/s1. The van der Waals surface area contributed by atoms with E-state index >= 15 is 0 Å². The Hall–Kier alpha value is -2.07. The van der Waals surface area contributed by atoms with Crippen LogP contribution in [0.1, 0.15) is 64.4 Å². The topological polar surface area (TPSA) is 42.2 Å². The Labute approximate surface area is 172 Å². The molecule has 2 aromatic rings. The zero-order valence-electron chi connectivity index (χ0n) is 15.7. The fraction of sp³-hybridized carbons (Fsp3) is 0.409. The van der Waals surface area contributed by atoms with Crippen LogP contribution in [-0.2, 0) is 15.9 Å². The molecule has 0 spiro atoms. The Morgan fingerprint density at radius 3 is 2.69 bits per heavy atom. The molecule has 0 unspecified atom stereocenters. The van der Waals surface area contributed by atoms with Gasteiger partial charge < -0.3 is 9.47 Å². The summed E-state index contributed by atoms with van der Waals surface area (Å²) in [6.07, 6.45) is -2.74. The van der Waals surface area contributed by atoms with E-state index in [0.29, 0.717) is 28.1 Å². The maximum atomic E-state index is 14.8. The molecule has 0 bridgehead atoms. The number of alkyl halides is 2. The minimum atomic E-state index is -1.34. The molecule has 0 aromatic heterocycles. The van der Waals surface area contributed by atoms with Crippen molar-refractivity contribution < 1.29 is 22.6 Å². The van der Waals surface area contributed by atoms with Crippen LogP contribution >= 0.6 is 11.6 Å². The zero-order valence-corrected chi connectivity index (χ0v) is 16.5. The van der Waals surface area contributed by atoms with E-state index < -0.39 is 24.3 Å². The number of hydrogen-bond donors (Lipinski definition) is 0. The fourth-order valence-electron chi connectivity index (χ4n) is 4.63. The second kappa shape index (κ2) is 7.98. The minimum Gasteiger partial charge on any atom is -0.359 e. The number of methoxy groups -OCH3 is 1. The first-order valence-electron chi connectivity index (χ1n) is 9.39. The first kappa shape index (κ1) is 20.2.